The highest BCUT2D eigenvalue weighted by Gasteiger charge is 2.14. The van der Waals surface area contributed by atoms with Crippen LogP contribution in [0.5, 0.6) is 5.75 Å². The number of hydrogen-bond donors (Lipinski definition) is 2. The van der Waals surface area contributed by atoms with E-state index in [1.807, 2.05) is 0 Å². The Morgan fingerprint density at radius 3 is 2.53 bits per heavy atom. The van der Waals surface area contributed by atoms with Gasteiger partial charge < -0.3 is 10.1 Å². The van der Waals surface area contributed by atoms with Crippen LogP contribution in [0.25, 0.3) is 0 Å². The second-order valence-corrected chi connectivity index (χ2v) is 4.40. The number of nitrogens with zero attached hydrogens (tertiary/aromatic N) is 1. The van der Waals surface area contributed by atoms with Crippen molar-refractivity contribution in [2.24, 2.45) is 0 Å². The summed E-state index contributed by atoms with van der Waals surface area (Å²) >= 11 is 11.7. The van der Waals surface area contributed by atoms with Gasteiger partial charge in [0.25, 0.3) is 0 Å². The molecule has 0 saturated heterocycles. The van der Waals surface area contributed by atoms with E-state index in [1.54, 1.807) is 12.3 Å². The first kappa shape index (κ1) is 13.9. The van der Waals surface area contributed by atoms with E-state index in [0.717, 1.165) is 5.69 Å². The Balaban J connectivity index is 2.10. The Kier molecular flexibility index (Phi) is 4.44. The molecule has 1 aromatic carbocycles. The highest BCUT2D eigenvalue weighted by Crippen LogP contribution is 2.37. The minimum absolute atomic E-state index is 0.0138. The standard InChI is InChI=1S/C11H9Cl2F2N3O/c12-8-3-7(16-5-6-1-2-17-18-6)4-9(13)10(8)19-11(14)15/h1-4,11,16H,5H2,(H,17,18). The van der Waals surface area contributed by atoms with Crippen LogP contribution in [0, 0.1) is 0 Å². The lowest BCUT2D eigenvalue weighted by molar-refractivity contribution is -0.0497. The molecule has 1 heterocycles. The normalized spacial score (nSPS) is 10.8. The van der Waals surface area contributed by atoms with Crippen LogP contribution in [0.2, 0.25) is 10.0 Å². The highest BCUT2D eigenvalue weighted by molar-refractivity contribution is 6.37. The van der Waals surface area contributed by atoms with Crippen molar-refractivity contribution >= 4 is 28.9 Å². The predicted octanol–water partition coefficient (Wildman–Crippen LogP) is 3.93. The third kappa shape index (κ3) is 3.71. The fourth-order valence-corrected chi connectivity index (χ4v) is 2.02. The second kappa shape index (κ2) is 6.08. The van der Waals surface area contributed by atoms with Crippen LogP contribution in [-0.2, 0) is 6.54 Å². The van der Waals surface area contributed by atoms with Crippen molar-refractivity contribution in [3.05, 3.63) is 40.1 Å². The molecule has 0 amide bonds. The lowest BCUT2D eigenvalue weighted by atomic mass is 10.3. The molecular weight excluding hydrogens is 299 g/mol. The monoisotopic (exact) mass is 307 g/mol. The molecule has 0 spiro atoms. The van der Waals surface area contributed by atoms with E-state index in [0.29, 0.717) is 12.2 Å². The molecule has 2 rings (SSSR count). The molecular formula is C11H9Cl2F2N3O. The largest absolute Gasteiger partial charge is 0.432 e. The molecule has 1 aromatic heterocycles. The van der Waals surface area contributed by atoms with E-state index in [-0.39, 0.29) is 15.8 Å². The van der Waals surface area contributed by atoms with Crippen LogP contribution in [0.1, 0.15) is 5.69 Å². The number of hydrogen-bond acceptors (Lipinski definition) is 3. The number of rotatable bonds is 5. The first-order valence-electron chi connectivity index (χ1n) is 5.22. The van der Waals surface area contributed by atoms with Crippen molar-refractivity contribution in [2.45, 2.75) is 13.2 Å². The fraction of sp³-hybridized carbons (Fsp3) is 0.182. The number of benzene rings is 1. The molecule has 0 radical (unpaired) electrons. The van der Waals surface area contributed by atoms with Crippen molar-refractivity contribution in [1.82, 2.24) is 10.2 Å². The zero-order valence-corrected chi connectivity index (χ0v) is 11.0. The Morgan fingerprint density at radius 1 is 1.32 bits per heavy atom. The Morgan fingerprint density at radius 2 is 2.00 bits per heavy atom. The number of aromatic amines is 1. The molecule has 0 aliphatic rings. The van der Waals surface area contributed by atoms with Gasteiger partial charge in [0.2, 0.25) is 0 Å². The first-order chi connectivity index (χ1) is 9.06. The summed E-state index contributed by atoms with van der Waals surface area (Å²) in [6.45, 7) is -2.50. The van der Waals surface area contributed by atoms with Crippen LogP contribution < -0.4 is 10.1 Å². The first-order valence-corrected chi connectivity index (χ1v) is 5.98. The maximum absolute atomic E-state index is 12.1. The van der Waals surface area contributed by atoms with Crippen molar-refractivity contribution in [3.63, 3.8) is 0 Å². The smallest absolute Gasteiger partial charge is 0.387 e. The molecule has 4 nitrogen and oxygen atoms in total. The van der Waals surface area contributed by atoms with E-state index in [9.17, 15) is 8.78 Å². The topological polar surface area (TPSA) is 49.9 Å². The molecule has 0 aliphatic heterocycles. The average molecular weight is 308 g/mol. The molecule has 2 N–H and O–H groups in total. The summed E-state index contributed by atoms with van der Waals surface area (Å²) in [5, 5.41) is 9.62. The van der Waals surface area contributed by atoms with Gasteiger partial charge in [-0.15, -0.1) is 0 Å². The molecule has 0 atom stereocenters. The van der Waals surface area contributed by atoms with Crippen molar-refractivity contribution < 1.29 is 13.5 Å². The summed E-state index contributed by atoms with van der Waals surface area (Å²) in [5.74, 6) is -0.231. The van der Waals surface area contributed by atoms with Gasteiger partial charge in [0.05, 0.1) is 22.3 Å². The van der Waals surface area contributed by atoms with Gasteiger partial charge in [0.15, 0.2) is 5.75 Å². The van der Waals surface area contributed by atoms with E-state index < -0.39 is 6.61 Å². The third-order valence-corrected chi connectivity index (χ3v) is 2.81. The SMILES string of the molecule is FC(F)Oc1c(Cl)cc(NCc2ccn[nH]2)cc1Cl. The van der Waals surface area contributed by atoms with Crippen LogP contribution in [-0.4, -0.2) is 16.8 Å². The van der Waals surface area contributed by atoms with Gasteiger partial charge >= 0.3 is 6.61 Å². The van der Waals surface area contributed by atoms with Gasteiger partial charge in [0.1, 0.15) is 0 Å². The second-order valence-electron chi connectivity index (χ2n) is 3.58. The minimum Gasteiger partial charge on any atom is -0.432 e. The number of anilines is 1. The quantitative estimate of drug-likeness (QED) is 0.880. The van der Waals surface area contributed by atoms with E-state index in [2.05, 4.69) is 20.3 Å². The van der Waals surface area contributed by atoms with Gasteiger partial charge in [-0.2, -0.15) is 13.9 Å². The zero-order valence-electron chi connectivity index (χ0n) is 9.46. The molecule has 0 unspecified atom stereocenters. The molecule has 0 aliphatic carbocycles. The van der Waals surface area contributed by atoms with Crippen LogP contribution in [0.15, 0.2) is 24.4 Å². The van der Waals surface area contributed by atoms with Gasteiger partial charge in [-0.05, 0) is 18.2 Å². The van der Waals surface area contributed by atoms with Gasteiger partial charge in [-0.3, -0.25) is 5.10 Å². The molecule has 102 valence electrons. The summed E-state index contributed by atoms with van der Waals surface area (Å²) in [4.78, 5) is 0. The van der Waals surface area contributed by atoms with Crippen LogP contribution in [0.3, 0.4) is 0 Å². The van der Waals surface area contributed by atoms with E-state index in [4.69, 9.17) is 23.2 Å². The van der Waals surface area contributed by atoms with Crippen molar-refractivity contribution in [3.8, 4) is 5.75 Å². The average Bonchev–Trinajstić information content (AvgIpc) is 2.84. The maximum atomic E-state index is 12.1. The number of ether oxygens (including phenoxy) is 1. The van der Waals surface area contributed by atoms with Crippen molar-refractivity contribution in [1.29, 1.82) is 0 Å². The summed E-state index contributed by atoms with van der Waals surface area (Å²) in [5.41, 5.74) is 1.45. The Hall–Kier alpha value is -1.53. The molecule has 2 aromatic rings. The molecule has 8 heteroatoms. The van der Waals surface area contributed by atoms with Gasteiger partial charge in [-0.1, -0.05) is 23.2 Å². The number of nitrogens with one attached hydrogen (secondary N) is 2. The highest BCUT2D eigenvalue weighted by atomic mass is 35.5. The number of H-pyrrole nitrogens is 1. The number of alkyl halides is 2. The summed E-state index contributed by atoms with van der Waals surface area (Å²) in [6, 6.07) is 4.72. The lowest BCUT2D eigenvalue weighted by Gasteiger charge is -2.11. The summed E-state index contributed by atoms with van der Waals surface area (Å²) in [7, 11) is 0. The van der Waals surface area contributed by atoms with Crippen LogP contribution >= 0.6 is 23.2 Å². The lowest BCUT2D eigenvalue weighted by Crippen LogP contribution is -2.04. The molecule has 0 fully saturated rings. The van der Waals surface area contributed by atoms with Crippen LogP contribution in [0.4, 0.5) is 14.5 Å². The van der Waals surface area contributed by atoms with Gasteiger partial charge in [-0.25, -0.2) is 0 Å². The summed E-state index contributed by atoms with van der Waals surface area (Å²) in [6.07, 6.45) is 1.62. The minimum atomic E-state index is -2.97. The van der Waals surface area contributed by atoms with E-state index in [1.165, 1.54) is 12.1 Å². The third-order valence-electron chi connectivity index (χ3n) is 2.25. The van der Waals surface area contributed by atoms with E-state index >= 15 is 0 Å². The number of halogens is 4. The number of aromatic nitrogens is 2. The van der Waals surface area contributed by atoms with Gasteiger partial charge in [0, 0.05) is 11.9 Å². The Labute approximate surface area is 117 Å². The zero-order chi connectivity index (χ0) is 13.8. The fourth-order valence-electron chi connectivity index (χ4n) is 1.44. The Bertz CT molecular complexity index is 526. The predicted molar refractivity (Wildman–Crippen MR) is 69.0 cm³/mol. The molecule has 0 saturated carbocycles. The van der Waals surface area contributed by atoms with Crippen molar-refractivity contribution in [2.75, 3.05) is 5.32 Å². The molecule has 19 heavy (non-hydrogen) atoms. The maximum Gasteiger partial charge on any atom is 0.387 e. The molecule has 0 bridgehead atoms. The summed E-state index contributed by atoms with van der Waals surface area (Å²) < 4.78 is 28.5.